The highest BCUT2D eigenvalue weighted by atomic mass is 35.5. The number of rotatable bonds is 7. The molecule has 4 aromatic rings. The molecule has 188 valence electrons. The van der Waals surface area contributed by atoms with Gasteiger partial charge >= 0.3 is 5.97 Å². The van der Waals surface area contributed by atoms with Crippen LogP contribution in [0.2, 0.25) is 5.02 Å². The van der Waals surface area contributed by atoms with Gasteiger partial charge in [0.15, 0.2) is 5.82 Å². The van der Waals surface area contributed by atoms with E-state index in [0.717, 1.165) is 51.8 Å². The summed E-state index contributed by atoms with van der Waals surface area (Å²) in [6.07, 6.45) is 4.12. The predicted molar refractivity (Wildman–Crippen MR) is 148 cm³/mol. The molecule has 1 aliphatic rings. The molecule has 0 saturated carbocycles. The van der Waals surface area contributed by atoms with Crippen molar-refractivity contribution in [3.63, 3.8) is 0 Å². The van der Waals surface area contributed by atoms with Gasteiger partial charge in [0.25, 0.3) is 0 Å². The number of ether oxygens (including phenoxy) is 1. The molecule has 1 fully saturated rings. The molecule has 2 aromatic heterocycles. The fourth-order valence-corrected chi connectivity index (χ4v) is 4.90. The van der Waals surface area contributed by atoms with E-state index >= 15 is 0 Å². The number of fused-ring (bicyclic) bond motifs is 1. The van der Waals surface area contributed by atoms with Crippen LogP contribution in [0.4, 0.5) is 11.6 Å². The minimum absolute atomic E-state index is 0.00686. The fourth-order valence-electron chi connectivity index (χ4n) is 4.70. The monoisotopic (exact) mass is 513 g/mol. The lowest BCUT2D eigenvalue weighted by molar-refractivity contribution is 0.0526. The van der Waals surface area contributed by atoms with Gasteiger partial charge in [0.1, 0.15) is 5.82 Å². The standard InChI is InChI=1S/C29H28ClN5O2/c1-3-22-19-34(27-14-13-21(18-31-27)29(36)37-4-2)15-16-35(22)28-24-11-7-6-10-23(24)26(32-33-28)17-20-9-5-8-12-25(20)30/h3,5-14,18,22H,1,4,15-17,19H2,2H3/t22-/m0/s1. The minimum Gasteiger partial charge on any atom is -0.462 e. The Morgan fingerprint density at radius 3 is 2.59 bits per heavy atom. The van der Waals surface area contributed by atoms with E-state index in [-0.39, 0.29) is 12.0 Å². The third-order valence-electron chi connectivity index (χ3n) is 6.61. The molecule has 37 heavy (non-hydrogen) atoms. The quantitative estimate of drug-likeness (QED) is 0.244. The van der Waals surface area contributed by atoms with Crippen LogP contribution in [0, 0.1) is 0 Å². The smallest absolute Gasteiger partial charge is 0.339 e. The molecule has 2 aromatic carbocycles. The van der Waals surface area contributed by atoms with E-state index in [1.807, 2.05) is 48.5 Å². The van der Waals surface area contributed by atoms with Crippen molar-refractivity contribution in [3.8, 4) is 0 Å². The second kappa shape index (κ2) is 11.0. The van der Waals surface area contributed by atoms with E-state index in [1.54, 1.807) is 19.2 Å². The van der Waals surface area contributed by atoms with Gasteiger partial charge in [0.2, 0.25) is 0 Å². The van der Waals surface area contributed by atoms with Crippen molar-refractivity contribution in [1.82, 2.24) is 15.2 Å². The summed E-state index contributed by atoms with van der Waals surface area (Å²) in [7, 11) is 0. The summed E-state index contributed by atoms with van der Waals surface area (Å²) in [6, 6.07) is 19.7. The average Bonchev–Trinajstić information content (AvgIpc) is 2.94. The highest BCUT2D eigenvalue weighted by Crippen LogP contribution is 2.31. The topological polar surface area (TPSA) is 71.5 Å². The third-order valence-corrected chi connectivity index (χ3v) is 6.97. The molecule has 0 N–H and O–H groups in total. The first-order valence-corrected chi connectivity index (χ1v) is 12.7. The van der Waals surface area contributed by atoms with E-state index in [9.17, 15) is 4.79 Å². The Balaban J connectivity index is 1.39. The van der Waals surface area contributed by atoms with Gasteiger partial charge in [-0.25, -0.2) is 9.78 Å². The summed E-state index contributed by atoms with van der Waals surface area (Å²) in [5.41, 5.74) is 2.37. The average molecular weight is 514 g/mol. The maximum Gasteiger partial charge on any atom is 0.339 e. The second-order valence-electron chi connectivity index (χ2n) is 8.85. The van der Waals surface area contributed by atoms with Gasteiger partial charge < -0.3 is 14.5 Å². The van der Waals surface area contributed by atoms with Crippen molar-refractivity contribution in [2.45, 2.75) is 19.4 Å². The highest BCUT2D eigenvalue weighted by molar-refractivity contribution is 6.31. The van der Waals surface area contributed by atoms with Crippen LogP contribution in [0.15, 0.2) is 79.5 Å². The Bertz CT molecular complexity index is 1430. The fraction of sp³-hybridized carbons (Fsp3) is 0.241. The second-order valence-corrected chi connectivity index (χ2v) is 9.26. The lowest BCUT2D eigenvalue weighted by atomic mass is 10.0. The zero-order valence-electron chi connectivity index (χ0n) is 20.7. The number of carbonyl (C=O) groups excluding carboxylic acids is 1. The molecule has 8 heteroatoms. The first-order chi connectivity index (χ1) is 18.1. The normalized spacial score (nSPS) is 15.6. The van der Waals surface area contributed by atoms with Crippen LogP contribution in [-0.4, -0.2) is 53.4 Å². The van der Waals surface area contributed by atoms with Gasteiger partial charge in [-0.1, -0.05) is 60.1 Å². The molecule has 0 bridgehead atoms. The van der Waals surface area contributed by atoms with Crippen molar-refractivity contribution < 1.29 is 9.53 Å². The predicted octanol–water partition coefficient (Wildman–Crippen LogP) is 5.33. The number of nitrogens with zero attached hydrogens (tertiary/aromatic N) is 5. The number of aromatic nitrogens is 3. The zero-order valence-corrected chi connectivity index (χ0v) is 21.4. The number of anilines is 2. The summed E-state index contributed by atoms with van der Waals surface area (Å²) in [5, 5.41) is 12.2. The number of piperazine rings is 1. The van der Waals surface area contributed by atoms with Gasteiger partial charge in [-0.15, -0.1) is 11.7 Å². The van der Waals surface area contributed by atoms with Crippen molar-refractivity contribution in [2.24, 2.45) is 0 Å². The molecular weight excluding hydrogens is 486 g/mol. The number of halogens is 1. The SMILES string of the molecule is C=C[C@H]1CN(c2ccc(C(=O)OCC)cn2)CCN1c1nnc(Cc2ccccc2Cl)c2ccccc12. The van der Waals surface area contributed by atoms with Gasteiger partial charge in [-0.2, -0.15) is 5.10 Å². The van der Waals surface area contributed by atoms with Crippen molar-refractivity contribution in [3.05, 3.63) is 101 Å². The van der Waals surface area contributed by atoms with Gasteiger partial charge in [0.05, 0.1) is 23.9 Å². The van der Waals surface area contributed by atoms with Crippen LogP contribution in [0.3, 0.4) is 0 Å². The lowest BCUT2D eigenvalue weighted by Gasteiger charge is -2.41. The molecule has 1 aliphatic heterocycles. The van der Waals surface area contributed by atoms with Crippen LogP contribution in [0.1, 0.15) is 28.5 Å². The van der Waals surface area contributed by atoms with Crippen molar-refractivity contribution in [1.29, 1.82) is 0 Å². The maximum absolute atomic E-state index is 12.0. The largest absolute Gasteiger partial charge is 0.462 e. The Kier molecular flexibility index (Phi) is 7.32. The zero-order chi connectivity index (χ0) is 25.8. The van der Waals surface area contributed by atoms with E-state index < -0.39 is 0 Å². The number of pyridine rings is 1. The molecule has 1 saturated heterocycles. The molecule has 1 atom stereocenters. The molecular formula is C29H28ClN5O2. The van der Waals surface area contributed by atoms with Gasteiger partial charge in [-0.05, 0) is 30.7 Å². The van der Waals surface area contributed by atoms with Crippen LogP contribution in [0.25, 0.3) is 10.8 Å². The number of hydrogen-bond acceptors (Lipinski definition) is 7. The highest BCUT2D eigenvalue weighted by Gasteiger charge is 2.28. The third kappa shape index (κ3) is 5.13. The number of esters is 1. The van der Waals surface area contributed by atoms with Crippen LogP contribution in [0.5, 0.6) is 0 Å². The summed E-state index contributed by atoms with van der Waals surface area (Å²) in [5.74, 6) is 1.29. The number of carbonyl (C=O) groups is 1. The molecule has 5 rings (SSSR count). The van der Waals surface area contributed by atoms with E-state index in [2.05, 4.69) is 38.6 Å². The molecule has 0 unspecified atom stereocenters. The van der Waals surface area contributed by atoms with Gasteiger partial charge in [0, 0.05) is 48.0 Å². The Hall–Kier alpha value is -3.97. The van der Waals surface area contributed by atoms with E-state index in [1.165, 1.54) is 0 Å². The molecule has 7 nitrogen and oxygen atoms in total. The first kappa shape index (κ1) is 24.7. The Morgan fingerprint density at radius 1 is 1.08 bits per heavy atom. The number of hydrogen-bond donors (Lipinski definition) is 0. The molecule has 0 amide bonds. The van der Waals surface area contributed by atoms with Crippen LogP contribution >= 0.6 is 11.6 Å². The van der Waals surface area contributed by atoms with Crippen molar-refractivity contribution in [2.75, 3.05) is 36.0 Å². The first-order valence-electron chi connectivity index (χ1n) is 12.3. The van der Waals surface area contributed by atoms with Gasteiger partial charge in [-0.3, -0.25) is 0 Å². The Labute approximate surface area is 221 Å². The number of benzene rings is 2. The van der Waals surface area contributed by atoms with E-state index in [0.29, 0.717) is 25.1 Å². The van der Waals surface area contributed by atoms with Crippen LogP contribution < -0.4 is 9.80 Å². The van der Waals surface area contributed by atoms with E-state index in [4.69, 9.17) is 21.4 Å². The summed E-state index contributed by atoms with van der Waals surface area (Å²) in [6.45, 7) is 8.37. The molecule has 0 radical (unpaired) electrons. The molecule has 0 aliphatic carbocycles. The molecule has 0 spiro atoms. The van der Waals surface area contributed by atoms with Crippen LogP contribution in [-0.2, 0) is 11.2 Å². The maximum atomic E-state index is 12.0. The van der Waals surface area contributed by atoms with Crippen molar-refractivity contribution >= 4 is 40.0 Å². The summed E-state index contributed by atoms with van der Waals surface area (Å²) in [4.78, 5) is 20.9. The lowest BCUT2D eigenvalue weighted by Crippen LogP contribution is -2.53. The Morgan fingerprint density at radius 2 is 1.86 bits per heavy atom. The summed E-state index contributed by atoms with van der Waals surface area (Å²) < 4.78 is 5.06. The minimum atomic E-state index is -0.362. The summed E-state index contributed by atoms with van der Waals surface area (Å²) >= 11 is 6.42. The molecule has 3 heterocycles.